The molecule has 11 heteroatoms. The molecule has 0 aliphatic carbocycles. The van der Waals surface area contributed by atoms with Crippen molar-refractivity contribution in [1.82, 2.24) is 24.0 Å². The van der Waals surface area contributed by atoms with Gasteiger partial charge in [-0.2, -0.15) is 4.31 Å². The van der Waals surface area contributed by atoms with Gasteiger partial charge in [-0.3, -0.25) is 9.36 Å². The van der Waals surface area contributed by atoms with Crippen LogP contribution in [0.2, 0.25) is 5.02 Å². The summed E-state index contributed by atoms with van der Waals surface area (Å²) < 4.78 is 28.8. The van der Waals surface area contributed by atoms with Crippen LogP contribution in [0.1, 0.15) is 0 Å². The predicted octanol–water partition coefficient (Wildman–Crippen LogP) is 2.55. The van der Waals surface area contributed by atoms with E-state index in [9.17, 15) is 13.2 Å². The number of sulfonamides is 1. The first kappa shape index (κ1) is 21.8. The van der Waals surface area contributed by atoms with Crippen LogP contribution in [0.25, 0.3) is 5.69 Å². The number of hydrogen-bond acceptors (Lipinski definition) is 6. The maximum atomic E-state index is 12.8. The number of rotatable bonds is 6. The first-order valence-electron chi connectivity index (χ1n) is 9.57. The molecular formula is C20H20ClN5O3S2. The van der Waals surface area contributed by atoms with E-state index in [1.54, 1.807) is 23.4 Å². The maximum absolute atomic E-state index is 12.8. The van der Waals surface area contributed by atoms with E-state index in [0.29, 0.717) is 23.3 Å². The molecule has 162 valence electrons. The number of carbonyl (C=O) groups is 1. The van der Waals surface area contributed by atoms with Crippen molar-refractivity contribution in [1.29, 1.82) is 0 Å². The Hall–Kier alpha value is -2.40. The van der Waals surface area contributed by atoms with Crippen LogP contribution in [0.4, 0.5) is 0 Å². The van der Waals surface area contributed by atoms with Gasteiger partial charge in [0.15, 0.2) is 5.16 Å². The van der Waals surface area contributed by atoms with Gasteiger partial charge in [-0.15, -0.1) is 10.2 Å². The molecule has 1 fully saturated rings. The highest BCUT2D eigenvalue weighted by atomic mass is 35.5. The van der Waals surface area contributed by atoms with E-state index in [1.165, 1.54) is 28.2 Å². The summed E-state index contributed by atoms with van der Waals surface area (Å²) in [5.41, 5.74) is 0.920. The lowest BCUT2D eigenvalue weighted by Crippen LogP contribution is -2.50. The first-order chi connectivity index (χ1) is 14.9. The molecule has 3 aromatic rings. The molecule has 31 heavy (non-hydrogen) atoms. The van der Waals surface area contributed by atoms with Crippen LogP contribution in [0.5, 0.6) is 0 Å². The average molecular weight is 478 g/mol. The van der Waals surface area contributed by atoms with Gasteiger partial charge in [0.1, 0.15) is 6.33 Å². The molecular weight excluding hydrogens is 458 g/mol. The van der Waals surface area contributed by atoms with Crippen LogP contribution < -0.4 is 0 Å². The molecule has 0 unspecified atom stereocenters. The van der Waals surface area contributed by atoms with Crippen LogP contribution >= 0.6 is 23.4 Å². The molecule has 2 aromatic carbocycles. The standard InChI is InChI=1S/C20H20ClN5O3S2/c21-16-6-8-18(9-7-16)31(28,29)25-12-10-24(11-13-25)19(27)14-30-20-23-22-15-26(20)17-4-2-1-3-5-17/h1-9,15H,10-14H2. The third-order valence-corrected chi connectivity index (χ3v) is 8.01. The number of benzene rings is 2. The second-order valence-corrected chi connectivity index (χ2v) is 10.2. The lowest BCUT2D eigenvalue weighted by molar-refractivity contribution is -0.129. The molecule has 0 spiro atoms. The number of halogens is 1. The molecule has 0 bridgehead atoms. The number of piperazine rings is 1. The van der Waals surface area contributed by atoms with Gasteiger partial charge in [-0.25, -0.2) is 8.42 Å². The Balaban J connectivity index is 1.33. The second-order valence-electron chi connectivity index (χ2n) is 6.85. The summed E-state index contributed by atoms with van der Waals surface area (Å²) in [5.74, 6) is 0.145. The van der Waals surface area contributed by atoms with Gasteiger partial charge in [-0.1, -0.05) is 41.6 Å². The van der Waals surface area contributed by atoms with Crippen LogP contribution in [0, 0.1) is 0 Å². The fraction of sp³-hybridized carbons (Fsp3) is 0.250. The third-order valence-electron chi connectivity index (χ3n) is 4.92. The fourth-order valence-corrected chi connectivity index (χ4v) is 5.62. The molecule has 1 aliphatic heterocycles. The van der Waals surface area contributed by atoms with E-state index in [1.807, 2.05) is 34.9 Å². The minimum Gasteiger partial charge on any atom is -0.339 e. The Kier molecular flexibility index (Phi) is 6.61. The van der Waals surface area contributed by atoms with Crippen molar-refractivity contribution < 1.29 is 13.2 Å². The maximum Gasteiger partial charge on any atom is 0.243 e. The molecule has 0 saturated carbocycles. The van der Waals surface area contributed by atoms with Crippen molar-refractivity contribution in [2.75, 3.05) is 31.9 Å². The second kappa shape index (κ2) is 9.39. The van der Waals surface area contributed by atoms with Crippen LogP contribution in [-0.4, -0.2) is 70.2 Å². The van der Waals surface area contributed by atoms with Gasteiger partial charge in [0.25, 0.3) is 0 Å². The zero-order valence-corrected chi connectivity index (χ0v) is 18.9. The topological polar surface area (TPSA) is 88.4 Å². The van der Waals surface area contributed by atoms with Crippen molar-refractivity contribution in [2.24, 2.45) is 0 Å². The summed E-state index contributed by atoms with van der Waals surface area (Å²) in [6, 6.07) is 15.8. The highest BCUT2D eigenvalue weighted by Gasteiger charge is 2.30. The summed E-state index contributed by atoms with van der Waals surface area (Å²) in [7, 11) is -3.60. The number of thioether (sulfide) groups is 1. The van der Waals surface area contributed by atoms with Crippen molar-refractivity contribution in [3.8, 4) is 5.69 Å². The van der Waals surface area contributed by atoms with E-state index in [4.69, 9.17) is 11.6 Å². The van der Waals surface area contributed by atoms with Gasteiger partial charge in [0.2, 0.25) is 15.9 Å². The number of para-hydroxylation sites is 1. The van der Waals surface area contributed by atoms with Crippen molar-refractivity contribution >= 4 is 39.3 Å². The van der Waals surface area contributed by atoms with E-state index in [2.05, 4.69) is 10.2 Å². The predicted molar refractivity (Wildman–Crippen MR) is 119 cm³/mol. The Morgan fingerprint density at radius 1 is 1.00 bits per heavy atom. The van der Waals surface area contributed by atoms with Crippen LogP contribution in [0.3, 0.4) is 0 Å². The fourth-order valence-electron chi connectivity index (χ4n) is 3.24. The van der Waals surface area contributed by atoms with Crippen molar-refractivity contribution in [3.05, 3.63) is 65.9 Å². The number of hydrogen-bond donors (Lipinski definition) is 0. The Morgan fingerprint density at radius 2 is 1.68 bits per heavy atom. The highest BCUT2D eigenvalue weighted by molar-refractivity contribution is 7.99. The van der Waals surface area contributed by atoms with Gasteiger partial charge in [-0.05, 0) is 36.4 Å². The number of carbonyl (C=O) groups excluding carboxylic acids is 1. The number of nitrogens with zero attached hydrogens (tertiary/aromatic N) is 5. The largest absolute Gasteiger partial charge is 0.339 e. The molecule has 8 nitrogen and oxygen atoms in total. The summed E-state index contributed by atoms with van der Waals surface area (Å²) in [6.07, 6.45) is 1.61. The molecule has 2 heterocycles. The number of aromatic nitrogens is 3. The summed E-state index contributed by atoms with van der Waals surface area (Å²) in [4.78, 5) is 14.6. The minimum absolute atomic E-state index is 0.0591. The molecule has 1 saturated heterocycles. The van der Waals surface area contributed by atoms with Gasteiger partial charge in [0.05, 0.1) is 10.6 Å². The van der Waals surface area contributed by atoms with E-state index in [0.717, 1.165) is 5.69 Å². The number of amides is 1. The lowest BCUT2D eigenvalue weighted by Gasteiger charge is -2.34. The van der Waals surface area contributed by atoms with Gasteiger partial charge < -0.3 is 4.90 Å². The zero-order chi connectivity index (χ0) is 21.8. The first-order valence-corrected chi connectivity index (χ1v) is 12.4. The zero-order valence-electron chi connectivity index (χ0n) is 16.5. The minimum atomic E-state index is -3.60. The van der Waals surface area contributed by atoms with Crippen molar-refractivity contribution in [3.63, 3.8) is 0 Å². The monoisotopic (exact) mass is 477 g/mol. The summed E-state index contributed by atoms with van der Waals surface area (Å²) in [6.45, 7) is 1.19. The molecule has 1 aliphatic rings. The molecule has 4 rings (SSSR count). The van der Waals surface area contributed by atoms with Crippen LogP contribution in [0.15, 0.2) is 71.0 Å². The van der Waals surface area contributed by atoms with E-state index >= 15 is 0 Å². The summed E-state index contributed by atoms with van der Waals surface area (Å²) >= 11 is 7.16. The lowest BCUT2D eigenvalue weighted by atomic mass is 10.3. The Labute approximate surface area is 189 Å². The van der Waals surface area contributed by atoms with Gasteiger partial charge >= 0.3 is 0 Å². The van der Waals surface area contributed by atoms with E-state index in [-0.39, 0.29) is 29.6 Å². The Morgan fingerprint density at radius 3 is 2.35 bits per heavy atom. The molecule has 1 aromatic heterocycles. The molecule has 1 amide bonds. The van der Waals surface area contributed by atoms with Gasteiger partial charge in [0, 0.05) is 36.9 Å². The summed E-state index contributed by atoms with van der Waals surface area (Å²) in [5, 5.41) is 9.16. The Bertz CT molecular complexity index is 1150. The quantitative estimate of drug-likeness (QED) is 0.507. The van der Waals surface area contributed by atoms with Crippen LogP contribution in [-0.2, 0) is 14.8 Å². The highest BCUT2D eigenvalue weighted by Crippen LogP contribution is 2.22. The third kappa shape index (κ3) is 4.93. The normalized spacial score (nSPS) is 15.2. The molecule has 0 radical (unpaired) electrons. The SMILES string of the molecule is O=C(CSc1nncn1-c1ccccc1)N1CCN(S(=O)(=O)c2ccc(Cl)cc2)CC1. The molecule has 0 N–H and O–H groups in total. The van der Waals surface area contributed by atoms with Crippen molar-refractivity contribution in [2.45, 2.75) is 10.1 Å². The smallest absolute Gasteiger partial charge is 0.243 e. The molecule has 0 atom stereocenters. The van der Waals surface area contributed by atoms with E-state index < -0.39 is 10.0 Å². The average Bonchev–Trinajstić information content (AvgIpc) is 3.27.